The van der Waals surface area contributed by atoms with Gasteiger partial charge in [0.15, 0.2) is 5.78 Å². The molecule has 0 aromatic heterocycles. The van der Waals surface area contributed by atoms with Crippen LogP contribution in [0.2, 0.25) is 0 Å². The van der Waals surface area contributed by atoms with Crippen molar-refractivity contribution < 1.29 is 14.3 Å². The Kier molecular flexibility index (Phi) is 6.58. The van der Waals surface area contributed by atoms with E-state index in [0.29, 0.717) is 12.2 Å². The van der Waals surface area contributed by atoms with Crippen molar-refractivity contribution in [1.29, 1.82) is 0 Å². The average Bonchev–Trinajstić information content (AvgIpc) is 2.83. The number of morpholine rings is 1. The van der Waals surface area contributed by atoms with Crippen LogP contribution in [0, 0.1) is 0 Å². The van der Waals surface area contributed by atoms with Crippen LogP contribution in [0.5, 0.6) is 5.75 Å². The van der Waals surface area contributed by atoms with E-state index in [2.05, 4.69) is 4.90 Å². The lowest BCUT2D eigenvalue weighted by Crippen LogP contribution is -2.36. The molecular formula is C26H25NO3. The van der Waals surface area contributed by atoms with E-state index >= 15 is 0 Å². The second-order valence-corrected chi connectivity index (χ2v) is 7.16. The smallest absolute Gasteiger partial charge is 0.185 e. The highest BCUT2D eigenvalue weighted by molar-refractivity contribution is 6.07. The van der Waals surface area contributed by atoms with Crippen molar-refractivity contribution in [2.45, 2.75) is 6.61 Å². The van der Waals surface area contributed by atoms with Crippen molar-refractivity contribution in [2.75, 3.05) is 31.2 Å². The van der Waals surface area contributed by atoms with E-state index in [0.717, 1.165) is 48.9 Å². The topological polar surface area (TPSA) is 38.8 Å². The third-order valence-corrected chi connectivity index (χ3v) is 5.10. The van der Waals surface area contributed by atoms with Gasteiger partial charge in [-0.2, -0.15) is 0 Å². The number of benzene rings is 3. The highest BCUT2D eigenvalue weighted by atomic mass is 16.5. The molecule has 0 N–H and O–H groups in total. The molecule has 152 valence electrons. The zero-order valence-electron chi connectivity index (χ0n) is 16.9. The third-order valence-electron chi connectivity index (χ3n) is 5.10. The van der Waals surface area contributed by atoms with Crippen LogP contribution >= 0.6 is 0 Å². The van der Waals surface area contributed by atoms with Gasteiger partial charge in [-0.1, -0.05) is 48.5 Å². The summed E-state index contributed by atoms with van der Waals surface area (Å²) >= 11 is 0. The fourth-order valence-electron chi connectivity index (χ4n) is 3.40. The Morgan fingerprint density at radius 2 is 1.60 bits per heavy atom. The Bertz CT molecular complexity index is 990. The van der Waals surface area contributed by atoms with Crippen LogP contribution < -0.4 is 9.64 Å². The lowest BCUT2D eigenvalue weighted by molar-refractivity contribution is 0.104. The molecule has 1 saturated heterocycles. The number of allylic oxidation sites excluding steroid dienone is 1. The monoisotopic (exact) mass is 399 g/mol. The molecule has 4 heteroatoms. The van der Waals surface area contributed by atoms with Crippen molar-refractivity contribution in [3.8, 4) is 5.75 Å². The predicted molar refractivity (Wildman–Crippen MR) is 120 cm³/mol. The Morgan fingerprint density at radius 3 is 2.37 bits per heavy atom. The van der Waals surface area contributed by atoms with E-state index in [1.54, 1.807) is 6.08 Å². The lowest BCUT2D eigenvalue weighted by atomic mass is 10.1. The number of ketones is 1. The molecule has 0 radical (unpaired) electrons. The summed E-state index contributed by atoms with van der Waals surface area (Å²) in [5.74, 6) is 0.731. The number of hydrogen-bond donors (Lipinski definition) is 0. The molecule has 1 heterocycles. The van der Waals surface area contributed by atoms with Gasteiger partial charge in [-0.05, 0) is 48.0 Å². The zero-order chi connectivity index (χ0) is 20.6. The third kappa shape index (κ3) is 5.16. The SMILES string of the molecule is O=C(/C=C/c1ccccc1OCc1ccccc1)c1ccc(N2CCOCC2)cc1. The Labute approximate surface area is 177 Å². The molecule has 1 aliphatic heterocycles. The van der Waals surface area contributed by atoms with Crippen LogP contribution in [0.15, 0.2) is 84.9 Å². The number of para-hydroxylation sites is 1. The first-order valence-electron chi connectivity index (χ1n) is 10.2. The van der Waals surface area contributed by atoms with E-state index in [1.165, 1.54) is 0 Å². The summed E-state index contributed by atoms with van der Waals surface area (Å²) in [6.07, 6.45) is 3.42. The van der Waals surface area contributed by atoms with Crippen molar-refractivity contribution in [1.82, 2.24) is 0 Å². The molecule has 1 fully saturated rings. The predicted octanol–water partition coefficient (Wildman–Crippen LogP) is 5.00. The number of ether oxygens (including phenoxy) is 2. The zero-order valence-corrected chi connectivity index (χ0v) is 16.9. The van der Waals surface area contributed by atoms with Gasteiger partial charge in [0.2, 0.25) is 0 Å². The minimum absolute atomic E-state index is 0.0265. The van der Waals surface area contributed by atoms with Gasteiger partial charge in [0.25, 0.3) is 0 Å². The Morgan fingerprint density at radius 1 is 0.900 bits per heavy atom. The summed E-state index contributed by atoms with van der Waals surface area (Å²) in [7, 11) is 0. The van der Waals surface area contributed by atoms with E-state index in [4.69, 9.17) is 9.47 Å². The molecule has 3 aromatic carbocycles. The average molecular weight is 399 g/mol. The molecule has 0 saturated carbocycles. The second kappa shape index (κ2) is 9.90. The summed E-state index contributed by atoms with van der Waals surface area (Å²) in [6.45, 7) is 3.74. The normalized spacial score (nSPS) is 14.1. The molecule has 0 bridgehead atoms. The van der Waals surface area contributed by atoms with Gasteiger partial charge in [0.05, 0.1) is 13.2 Å². The fraction of sp³-hybridized carbons (Fsp3) is 0.192. The first kappa shape index (κ1) is 19.9. The number of nitrogens with zero attached hydrogens (tertiary/aromatic N) is 1. The summed E-state index contributed by atoms with van der Waals surface area (Å²) in [6, 6.07) is 25.6. The number of anilines is 1. The molecule has 4 nitrogen and oxygen atoms in total. The Balaban J connectivity index is 1.41. The van der Waals surface area contributed by atoms with Crippen LogP contribution in [-0.4, -0.2) is 32.1 Å². The summed E-state index contributed by atoms with van der Waals surface area (Å²) in [4.78, 5) is 14.9. The molecule has 4 rings (SSSR count). The standard InChI is InChI=1S/C26H25NO3/c28-25(22-10-13-24(14-11-22)27-16-18-29-19-17-27)15-12-23-8-4-5-9-26(23)30-20-21-6-2-1-3-7-21/h1-15H,16-20H2/b15-12+. The summed E-state index contributed by atoms with van der Waals surface area (Å²) in [5.41, 5.74) is 3.78. The molecule has 3 aromatic rings. The molecule has 0 aliphatic carbocycles. The van der Waals surface area contributed by atoms with Crippen molar-refractivity contribution in [3.63, 3.8) is 0 Å². The highest BCUT2D eigenvalue weighted by Crippen LogP contribution is 2.22. The van der Waals surface area contributed by atoms with Crippen LogP contribution in [0.3, 0.4) is 0 Å². The largest absolute Gasteiger partial charge is 0.488 e. The van der Waals surface area contributed by atoms with Gasteiger partial charge in [-0.25, -0.2) is 0 Å². The maximum absolute atomic E-state index is 12.6. The fourth-order valence-corrected chi connectivity index (χ4v) is 3.40. The van der Waals surface area contributed by atoms with Gasteiger partial charge < -0.3 is 14.4 Å². The molecule has 30 heavy (non-hydrogen) atoms. The van der Waals surface area contributed by atoms with Crippen LogP contribution in [-0.2, 0) is 11.3 Å². The van der Waals surface area contributed by atoms with Gasteiger partial charge in [-0.15, -0.1) is 0 Å². The van der Waals surface area contributed by atoms with Gasteiger partial charge in [0.1, 0.15) is 12.4 Å². The molecule has 0 unspecified atom stereocenters. The summed E-state index contributed by atoms with van der Waals surface area (Å²) < 4.78 is 11.4. The minimum atomic E-state index is -0.0265. The maximum Gasteiger partial charge on any atom is 0.185 e. The maximum atomic E-state index is 12.6. The second-order valence-electron chi connectivity index (χ2n) is 7.16. The van der Waals surface area contributed by atoms with Crippen molar-refractivity contribution in [3.05, 3.63) is 102 Å². The lowest BCUT2D eigenvalue weighted by Gasteiger charge is -2.28. The van der Waals surface area contributed by atoms with E-state index in [9.17, 15) is 4.79 Å². The number of carbonyl (C=O) groups is 1. The summed E-state index contributed by atoms with van der Waals surface area (Å²) in [5, 5.41) is 0. The number of carbonyl (C=O) groups excluding carboxylic acids is 1. The van der Waals surface area contributed by atoms with E-state index in [-0.39, 0.29) is 5.78 Å². The highest BCUT2D eigenvalue weighted by Gasteiger charge is 2.11. The van der Waals surface area contributed by atoms with Gasteiger partial charge >= 0.3 is 0 Å². The van der Waals surface area contributed by atoms with Gasteiger partial charge in [-0.3, -0.25) is 4.79 Å². The van der Waals surface area contributed by atoms with Crippen LogP contribution in [0.25, 0.3) is 6.08 Å². The minimum Gasteiger partial charge on any atom is -0.488 e. The number of hydrogen-bond acceptors (Lipinski definition) is 4. The molecule has 0 amide bonds. The molecule has 1 aliphatic rings. The van der Waals surface area contributed by atoms with Gasteiger partial charge in [0, 0.05) is 29.9 Å². The molecule has 0 atom stereocenters. The quantitative estimate of drug-likeness (QED) is 0.414. The van der Waals surface area contributed by atoms with E-state index in [1.807, 2.05) is 84.9 Å². The first-order chi connectivity index (χ1) is 14.8. The van der Waals surface area contributed by atoms with Crippen LogP contribution in [0.1, 0.15) is 21.5 Å². The van der Waals surface area contributed by atoms with Crippen molar-refractivity contribution in [2.24, 2.45) is 0 Å². The van der Waals surface area contributed by atoms with Crippen molar-refractivity contribution >= 4 is 17.5 Å². The molecular weight excluding hydrogens is 374 g/mol. The first-order valence-corrected chi connectivity index (χ1v) is 10.2. The Hall–Kier alpha value is -3.37. The van der Waals surface area contributed by atoms with Crippen LogP contribution in [0.4, 0.5) is 5.69 Å². The number of rotatable bonds is 7. The van der Waals surface area contributed by atoms with E-state index < -0.39 is 0 Å². The molecule has 0 spiro atoms.